The van der Waals surface area contributed by atoms with E-state index in [1.165, 1.54) is 6.07 Å². The molecule has 0 saturated heterocycles. The first-order valence-electron chi connectivity index (χ1n) is 8.34. The summed E-state index contributed by atoms with van der Waals surface area (Å²) >= 11 is 0. The number of fused-ring (bicyclic) bond motifs is 1. The molecule has 6 heteroatoms. The molecule has 3 rings (SSSR count). The summed E-state index contributed by atoms with van der Waals surface area (Å²) in [5.74, 6) is 0.00172. The molecular weight excluding hydrogens is 316 g/mol. The molecule has 25 heavy (non-hydrogen) atoms. The van der Waals surface area contributed by atoms with E-state index in [0.717, 1.165) is 10.9 Å². The number of nitrogens with one attached hydrogen (secondary N) is 2. The number of amides is 1. The van der Waals surface area contributed by atoms with Crippen LogP contribution >= 0.6 is 0 Å². The van der Waals surface area contributed by atoms with Crippen LogP contribution in [-0.4, -0.2) is 26.5 Å². The van der Waals surface area contributed by atoms with Crippen molar-refractivity contribution in [1.82, 2.24) is 19.9 Å². The van der Waals surface area contributed by atoms with Gasteiger partial charge in [-0.15, -0.1) is 0 Å². The van der Waals surface area contributed by atoms with E-state index in [-0.39, 0.29) is 23.4 Å². The van der Waals surface area contributed by atoms with Gasteiger partial charge in [-0.05, 0) is 25.0 Å². The summed E-state index contributed by atoms with van der Waals surface area (Å²) < 4.78 is 1.94. The molecule has 6 nitrogen and oxygen atoms in total. The van der Waals surface area contributed by atoms with Gasteiger partial charge in [-0.25, -0.2) is 4.98 Å². The van der Waals surface area contributed by atoms with E-state index in [1.54, 1.807) is 12.5 Å². The molecular formula is C19H22N4O2. The lowest BCUT2D eigenvalue weighted by molar-refractivity contribution is 0.0922. The SMILES string of the molecule is Cc1ccc2[nH]c(=O)cc(C(=O)N[C@H](Cn3ccnc3)C(C)C)c2c1. The first-order chi connectivity index (χ1) is 11.9. The molecule has 1 atom stereocenters. The number of carbonyl (C=O) groups is 1. The average molecular weight is 338 g/mol. The highest BCUT2D eigenvalue weighted by Crippen LogP contribution is 2.17. The van der Waals surface area contributed by atoms with Crippen LogP contribution in [0.5, 0.6) is 0 Å². The Morgan fingerprint density at radius 1 is 1.32 bits per heavy atom. The standard InChI is InChI=1S/C19H22N4O2/c1-12(2)17(10-23-7-6-20-11-23)22-19(25)15-9-18(24)21-16-5-4-13(3)8-14(15)16/h4-9,11-12,17H,10H2,1-3H3,(H,21,24)(H,22,25)/t17-/m1/s1. The van der Waals surface area contributed by atoms with Crippen LogP contribution in [0.1, 0.15) is 29.8 Å². The second kappa shape index (κ2) is 6.93. The number of aromatic amines is 1. The van der Waals surface area contributed by atoms with Gasteiger partial charge in [0.05, 0.1) is 11.9 Å². The number of aryl methyl sites for hydroxylation is 1. The van der Waals surface area contributed by atoms with Gasteiger partial charge in [0, 0.05) is 41.9 Å². The Morgan fingerprint density at radius 2 is 2.12 bits per heavy atom. The summed E-state index contributed by atoms with van der Waals surface area (Å²) in [5.41, 5.74) is 1.82. The first kappa shape index (κ1) is 17.0. The Morgan fingerprint density at radius 3 is 2.80 bits per heavy atom. The normalized spacial score (nSPS) is 12.5. The molecule has 0 aliphatic heterocycles. The van der Waals surface area contributed by atoms with Crippen molar-refractivity contribution >= 4 is 16.8 Å². The number of aromatic nitrogens is 3. The fourth-order valence-corrected chi connectivity index (χ4v) is 2.85. The smallest absolute Gasteiger partial charge is 0.252 e. The molecule has 2 heterocycles. The molecule has 2 aromatic heterocycles. The molecule has 0 bridgehead atoms. The van der Waals surface area contributed by atoms with Crippen molar-refractivity contribution in [3.05, 3.63) is 64.5 Å². The minimum atomic E-state index is -0.280. The fraction of sp³-hybridized carbons (Fsp3) is 0.316. The van der Waals surface area contributed by atoms with E-state index < -0.39 is 0 Å². The number of nitrogens with zero attached hydrogens (tertiary/aromatic N) is 2. The number of H-pyrrole nitrogens is 1. The lowest BCUT2D eigenvalue weighted by Gasteiger charge is -2.23. The number of carbonyl (C=O) groups excluding carboxylic acids is 1. The van der Waals surface area contributed by atoms with Crippen molar-refractivity contribution < 1.29 is 4.79 Å². The highest BCUT2D eigenvalue weighted by molar-refractivity contribution is 6.06. The van der Waals surface area contributed by atoms with E-state index in [0.29, 0.717) is 17.6 Å². The van der Waals surface area contributed by atoms with Crippen LogP contribution in [0, 0.1) is 12.8 Å². The van der Waals surface area contributed by atoms with Crippen molar-refractivity contribution in [2.75, 3.05) is 0 Å². The molecule has 1 aromatic carbocycles. The number of benzene rings is 1. The van der Waals surface area contributed by atoms with Crippen LogP contribution in [0.2, 0.25) is 0 Å². The Bertz CT molecular complexity index is 942. The maximum atomic E-state index is 12.9. The molecule has 130 valence electrons. The van der Waals surface area contributed by atoms with Crippen LogP contribution in [-0.2, 0) is 6.54 Å². The molecule has 3 aromatic rings. The fourth-order valence-electron chi connectivity index (χ4n) is 2.85. The highest BCUT2D eigenvalue weighted by Gasteiger charge is 2.19. The van der Waals surface area contributed by atoms with Gasteiger partial charge in [-0.1, -0.05) is 25.5 Å². The van der Waals surface area contributed by atoms with E-state index >= 15 is 0 Å². The van der Waals surface area contributed by atoms with Gasteiger partial charge in [0.15, 0.2) is 0 Å². The van der Waals surface area contributed by atoms with Crippen molar-refractivity contribution in [2.45, 2.75) is 33.4 Å². The van der Waals surface area contributed by atoms with Gasteiger partial charge in [-0.3, -0.25) is 9.59 Å². The van der Waals surface area contributed by atoms with Crippen LogP contribution in [0.3, 0.4) is 0 Å². The third-order valence-electron chi connectivity index (χ3n) is 4.33. The van der Waals surface area contributed by atoms with Gasteiger partial charge < -0.3 is 14.9 Å². The van der Waals surface area contributed by atoms with Gasteiger partial charge in [0.25, 0.3) is 5.91 Å². The maximum Gasteiger partial charge on any atom is 0.252 e. The Balaban J connectivity index is 1.92. The summed E-state index contributed by atoms with van der Waals surface area (Å²) in [6, 6.07) is 6.96. The Labute approximate surface area is 145 Å². The average Bonchev–Trinajstić information content (AvgIpc) is 3.06. The van der Waals surface area contributed by atoms with Crippen molar-refractivity contribution in [1.29, 1.82) is 0 Å². The van der Waals surface area contributed by atoms with Gasteiger partial charge in [0.2, 0.25) is 5.56 Å². The Hall–Kier alpha value is -2.89. The second-order valence-electron chi connectivity index (χ2n) is 6.68. The summed E-state index contributed by atoms with van der Waals surface area (Å²) in [6.07, 6.45) is 5.31. The number of imidazole rings is 1. The Kier molecular flexibility index (Phi) is 4.70. The zero-order valence-corrected chi connectivity index (χ0v) is 14.6. The predicted octanol–water partition coefficient (Wildman–Crippen LogP) is 2.49. The zero-order chi connectivity index (χ0) is 18.0. The van der Waals surface area contributed by atoms with E-state index in [2.05, 4.69) is 29.1 Å². The van der Waals surface area contributed by atoms with Crippen LogP contribution in [0.15, 0.2) is 47.8 Å². The molecule has 0 fully saturated rings. The molecule has 0 radical (unpaired) electrons. The molecule has 0 aliphatic carbocycles. The molecule has 0 aliphatic rings. The molecule has 1 amide bonds. The van der Waals surface area contributed by atoms with E-state index in [9.17, 15) is 9.59 Å². The number of hydrogen-bond acceptors (Lipinski definition) is 3. The second-order valence-corrected chi connectivity index (χ2v) is 6.68. The van der Waals surface area contributed by atoms with E-state index in [1.807, 2.05) is 35.9 Å². The summed E-state index contributed by atoms with van der Waals surface area (Å²) in [5, 5.41) is 3.82. The highest BCUT2D eigenvalue weighted by atomic mass is 16.2. The third kappa shape index (κ3) is 3.79. The van der Waals surface area contributed by atoms with Crippen LogP contribution < -0.4 is 10.9 Å². The lowest BCUT2D eigenvalue weighted by atomic mass is 10.0. The summed E-state index contributed by atoms with van der Waals surface area (Å²) in [7, 11) is 0. The number of rotatable bonds is 5. The largest absolute Gasteiger partial charge is 0.347 e. The monoisotopic (exact) mass is 338 g/mol. The van der Waals surface area contributed by atoms with Crippen molar-refractivity contribution in [3.63, 3.8) is 0 Å². The van der Waals surface area contributed by atoms with Gasteiger partial charge >= 0.3 is 0 Å². The van der Waals surface area contributed by atoms with Gasteiger partial charge in [0.1, 0.15) is 0 Å². The predicted molar refractivity (Wildman–Crippen MR) is 97.6 cm³/mol. The number of pyridine rings is 1. The minimum absolute atomic E-state index is 0.0687. The quantitative estimate of drug-likeness (QED) is 0.750. The number of hydrogen-bond donors (Lipinski definition) is 2. The summed E-state index contributed by atoms with van der Waals surface area (Å²) in [6.45, 7) is 6.70. The molecule has 2 N–H and O–H groups in total. The van der Waals surface area contributed by atoms with Crippen LogP contribution in [0.25, 0.3) is 10.9 Å². The lowest BCUT2D eigenvalue weighted by Crippen LogP contribution is -2.41. The van der Waals surface area contributed by atoms with Crippen molar-refractivity contribution in [2.24, 2.45) is 5.92 Å². The minimum Gasteiger partial charge on any atom is -0.347 e. The van der Waals surface area contributed by atoms with Crippen LogP contribution in [0.4, 0.5) is 0 Å². The maximum absolute atomic E-state index is 12.9. The molecule has 0 spiro atoms. The molecule has 0 saturated carbocycles. The third-order valence-corrected chi connectivity index (χ3v) is 4.33. The topological polar surface area (TPSA) is 79.8 Å². The van der Waals surface area contributed by atoms with Gasteiger partial charge in [-0.2, -0.15) is 0 Å². The zero-order valence-electron chi connectivity index (χ0n) is 14.6. The summed E-state index contributed by atoms with van der Waals surface area (Å²) in [4.78, 5) is 31.6. The first-order valence-corrected chi connectivity index (χ1v) is 8.34. The molecule has 0 unspecified atom stereocenters. The van der Waals surface area contributed by atoms with E-state index in [4.69, 9.17) is 0 Å². The van der Waals surface area contributed by atoms with Crippen molar-refractivity contribution in [3.8, 4) is 0 Å².